The average Bonchev–Trinajstić information content (AvgIpc) is 3.49. The molecule has 0 unspecified atom stereocenters. The van der Waals surface area contributed by atoms with E-state index in [1.807, 2.05) is 42.2 Å². The second-order valence-electron chi connectivity index (χ2n) is 7.22. The molecule has 30 heavy (non-hydrogen) atoms. The number of thiazole rings is 1. The van der Waals surface area contributed by atoms with Gasteiger partial charge in [0.05, 0.1) is 5.69 Å². The second kappa shape index (κ2) is 8.97. The van der Waals surface area contributed by atoms with Crippen molar-refractivity contribution in [3.63, 3.8) is 0 Å². The summed E-state index contributed by atoms with van der Waals surface area (Å²) in [6.45, 7) is 3.75. The third kappa shape index (κ3) is 4.64. The SMILES string of the molecule is Cc1nc(-c2csc(S(=O)(=O)NCCc3ccccc3)c2)sc1C(=O)N1CCCC1. The fourth-order valence-corrected chi connectivity index (χ4v) is 6.73. The summed E-state index contributed by atoms with van der Waals surface area (Å²) >= 11 is 2.50. The van der Waals surface area contributed by atoms with Gasteiger partial charge in [-0.2, -0.15) is 0 Å². The van der Waals surface area contributed by atoms with E-state index in [1.165, 1.54) is 22.7 Å². The monoisotopic (exact) mass is 461 g/mol. The molecule has 1 aliphatic rings. The predicted octanol–water partition coefficient (Wildman–Crippen LogP) is 3.94. The van der Waals surface area contributed by atoms with Gasteiger partial charge in [-0.05, 0) is 37.8 Å². The highest BCUT2D eigenvalue weighted by Crippen LogP contribution is 2.33. The van der Waals surface area contributed by atoms with E-state index < -0.39 is 10.0 Å². The zero-order chi connectivity index (χ0) is 21.1. The molecular formula is C21H23N3O3S3. The lowest BCUT2D eigenvalue weighted by Gasteiger charge is -2.13. The van der Waals surface area contributed by atoms with E-state index in [0.29, 0.717) is 28.5 Å². The van der Waals surface area contributed by atoms with Crippen molar-refractivity contribution in [1.29, 1.82) is 0 Å². The Morgan fingerprint density at radius 3 is 2.67 bits per heavy atom. The van der Waals surface area contributed by atoms with E-state index >= 15 is 0 Å². The summed E-state index contributed by atoms with van der Waals surface area (Å²) in [5.41, 5.74) is 2.51. The molecule has 0 radical (unpaired) electrons. The lowest BCUT2D eigenvalue weighted by molar-refractivity contribution is 0.0796. The van der Waals surface area contributed by atoms with Gasteiger partial charge in [0.1, 0.15) is 14.1 Å². The van der Waals surface area contributed by atoms with E-state index in [2.05, 4.69) is 9.71 Å². The van der Waals surface area contributed by atoms with Crippen molar-refractivity contribution in [3.8, 4) is 10.6 Å². The van der Waals surface area contributed by atoms with Crippen molar-refractivity contribution < 1.29 is 13.2 Å². The quantitative estimate of drug-likeness (QED) is 0.578. The molecule has 1 amide bonds. The number of aromatic nitrogens is 1. The normalized spacial score (nSPS) is 14.4. The highest BCUT2D eigenvalue weighted by atomic mass is 32.2. The van der Waals surface area contributed by atoms with Gasteiger partial charge >= 0.3 is 0 Å². The lowest BCUT2D eigenvalue weighted by Crippen LogP contribution is -2.27. The first kappa shape index (κ1) is 21.2. The molecule has 0 bridgehead atoms. The highest BCUT2D eigenvalue weighted by Gasteiger charge is 2.25. The molecule has 1 aliphatic heterocycles. The molecule has 4 rings (SSSR count). The van der Waals surface area contributed by atoms with Crippen LogP contribution in [0.4, 0.5) is 0 Å². The number of aryl methyl sites for hydroxylation is 1. The van der Waals surface area contributed by atoms with Crippen molar-refractivity contribution >= 4 is 38.6 Å². The third-order valence-electron chi connectivity index (χ3n) is 5.02. The summed E-state index contributed by atoms with van der Waals surface area (Å²) in [5.74, 6) is 0.0272. The fourth-order valence-electron chi connectivity index (χ4n) is 3.40. The first-order valence-electron chi connectivity index (χ1n) is 9.83. The molecule has 158 valence electrons. The molecule has 0 spiro atoms. The number of sulfonamides is 1. The Morgan fingerprint density at radius 1 is 1.20 bits per heavy atom. The van der Waals surface area contributed by atoms with E-state index in [9.17, 15) is 13.2 Å². The van der Waals surface area contributed by atoms with Crippen molar-refractivity contribution in [1.82, 2.24) is 14.6 Å². The van der Waals surface area contributed by atoms with Crippen LogP contribution in [0.3, 0.4) is 0 Å². The van der Waals surface area contributed by atoms with Gasteiger partial charge in [-0.1, -0.05) is 30.3 Å². The van der Waals surface area contributed by atoms with Gasteiger partial charge in [0.15, 0.2) is 0 Å². The van der Waals surface area contributed by atoms with Gasteiger partial charge in [-0.25, -0.2) is 18.1 Å². The molecule has 1 N–H and O–H groups in total. The van der Waals surface area contributed by atoms with E-state index in [0.717, 1.165) is 37.1 Å². The maximum Gasteiger partial charge on any atom is 0.265 e. The second-order valence-corrected chi connectivity index (χ2v) is 11.1. The van der Waals surface area contributed by atoms with Gasteiger partial charge in [-0.3, -0.25) is 4.79 Å². The number of hydrogen-bond donors (Lipinski definition) is 1. The van der Waals surface area contributed by atoms with Crippen LogP contribution in [0, 0.1) is 6.92 Å². The van der Waals surface area contributed by atoms with Crippen molar-refractivity contribution in [3.05, 3.63) is 57.9 Å². The van der Waals surface area contributed by atoms with Crippen LogP contribution in [0.25, 0.3) is 10.6 Å². The summed E-state index contributed by atoms with van der Waals surface area (Å²) in [5, 5.41) is 2.46. The lowest BCUT2D eigenvalue weighted by atomic mass is 10.2. The molecule has 1 saturated heterocycles. The molecule has 9 heteroatoms. The highest BCUT2D eigenvalue weighted by molar-refractivity contribution is 7.91. The fraction of sp³-hybridized carbons (Fsp3) is 0.333. The van der Waals surface area contributed by atoms with Crippen molar-refractivity contribution in [2.24, 2.45) is 0 Å². The maximum atomic E-state index is 12.7. The Labute approximate surface area is 184 Å². The molecule has 6 nitrogen and oxygen atoms in total. The van der Waals surface area contributed by atoms with Gasteiger partial charge in [0.2, 0.25) is 10.0 Å². The number of likely N-dealkylation sites (tertiary alicyclic amines) is 1. The van der Waals surface area contributed by atoms with Crippen molar-refractivity contribution in [2.45, 2.75) is 30.4 Å². The van der Waals surface area contributed by atoms with Crippen LogP contribution in [0.15, 0.2) is 46.0 Å². The maximum absolute atomic E-state index is 12.7. The number of carbonyl (C=O) groups excluding carboxylic acids is 1. The van der Waals surface area contributed by atoms with Crippen LogP contribution >= 0.6 is 22.7 Å². The summed E-state index contributed by atoms with van der Waals surface area (Å²) in [4.78, 5) is 19.7. The molecule has 3 heterocycles. The number of amides is 1. The Bertz CT molecular complexity index is 1130. The number of rotatable bonds is 7. The number of carbonyl (C=O) groups is 1. The van der Waals surface area contributed by atoms with E-state index in [1.54, 1.807) is 11.4 Å². The first-order chi connectivity index (χ1) is 14.4. The number of hydrogen-bond acceptors (Lipinski definition) is 6. The van der Waals surface area contributed by atoms with Crippen LogP contribution in [0.2, 0.25) is 0 Å². The molecule has 1 fully saturated rings. The van der Waals surface area contributed by atoms with Crippen LogP contribution in [0.5, 0.6) is 0 Å². The summed E-state index contributed by atoms with van der Waals surface area (Å²) in [6, 6.07) is 11.4. The average molecular weight is 462 g/mol. The van der Waals surface area contributed by atoms with Gasteiger partial charge < -0.3 is 4.90 Å². The Morgan fingerprint density at radius 2 is 1.93 bits per heavy atom. The van der Waals surface area contributed by atoms with Gasteiger partial charge in [0, 0.05) is 30.6 Å². The van der Waals surface area contributed by atoms with Gasteiger partial charge in [-0.15, -0.1) is 22.7 Å². The van der Waals surface area contributed by atoms with Crippen LogP contribution in [-0.2, 0) is 16.4 Å². The first-order valence-corrected chi connectivity index (χ1v) is 13.0. The standard InChI is InChI=1S/C21H23N3O3S3/c1-15-19(21(25)24-11-5-6-12-24)29-20(23-15)17-13-18(28-14-17)30(26,27)22-10-9-16-7-3-2-4-8-16/h2-4,7-8,13-14,22H,5-6,9-12H2,1H3. The van der Waals surface area contributed by atoms with Crippen LogP contribution in [0.1, 0.15) is 33.8 Å². The van der Waals surface area contributed by atoms with Crippen LogP contribution < -0.4 is 4.72 Å². The Balaban J connectivity index is 1.45. The van der Waals surface area contributed by atoms with E-state index in [-0.39, 0.29) is 10.1 Å². The minimum absolute atomic E-state index is 0.0272. The molecule has 0 saturated carbocycles. The zero-order valence-corrected chi connectivity index (χ0v) is 19.1. The summed E-state index contributed by atoms with van der Waals surface area (Å²) < 4.78 is 28.2. The predicted molar refractivity (Wildman–Crippen MR) is 121 cm³/mol. The molecule has 3 aromatic rings. The Hall–Kier alpha value is -2.07. The number of nitrogens with zero attached hydrogens (tertiary/aromatic N) is 2. The van der Waals surface area contributed by atoms with Gasteiger partial charge in [0.25, 0.3) is 5.91 Å². The number of thiophene rings is 1. The van der Waals surface area contributed by atoms with Crippen LogP contribution in [-0.4, -0.2) is 43.8 Å². The summed E-state index contributed by atoms with van der Waals surface area (Å²) in [6.07, 6.45) is 2.71. The largest absolute Gasteiger partial charge is 0.338 e. The smallest absolute Gasteiger partial charge is 0.265 e. The molecule has 0 atom stereocenters. The number of benzene rings is 1. The third-order valence-corrected chi connectivity index (χ3v) is 9.11. The van der Waals surface area contributed by atoms with E-state index in [4.69, 9.17) is 0 Å². The Kier molecular flexibility index (Phi) is 6.33. The molecule has 2 aromatic heterocycles. The molecule has 0 aliphatic carbocycles. The summed E-state index contributed by atoms with van der Waals surface area (Å²) in [7, 11) is -3.58. The molecular weight excluding hydrogens is 438 g/mol. The molecule has 1 aromatic carbocycles. The number of nitrogens with one attached hydrogen (secondary N) is 1. The minimum atomic E-state index is -3.58. The van der Waals surface area contributed by atoms with Crippen molar-refractivity contribution in [2.75, 3.05) is 19.6 Å². The minimum Gasteiger partial charge on any atom is -0.338 e. The zero-order valence-electron chi connectivity index (χ0n) is 16.6. The topological polar surface area (TPSA) is 79.4 Å².